The molecule has 0 aliphatic heterocycles. The van der Waals surface area contributed by atoms with E-state index < -0.39 is 23.5 Å². The number of benzene rings is 1. The molecule has 11 nitrogen and oxygen atoms in total. The number of ether oxygens (including phenoxy) is 1. The third kappa shape index (κ3) is 6.04. The standard InChI is InChI=1S/C22H23N7O4/c1-3-4-5-16(21(32)33-2)27-19(30)13-6-8-14(9-7-13)24-11-10-15-12-25-18-17(26-15)20(31)29-22(23)28-18/h1,6-9,12,16,24H,4-5,10-11H2,2H3,(H,27,30)(H3,23,25,28,29,31)/t16-/m0/s1. The van der Waals surface area contributed by atoms with Crippen LogP contribution < -0.4 is 21.9 Å². The molecule has 3 aromatic rings. The lowest BCUT2D eigenvalue weighted by Crippen LogP contribution is -2.41. The zero-order valence-corrected chi connectivity index (χ0v) is 17.9. The molecule has 0 fully saturated rings. The number of rotatable bonds is 9. The molecular weight excluding hydrogens is 426 g/mol. The summed E-state index contributed by atoms with van der Waals surface area (Å²) in [6.07, 6.45) is 7.92. The van der Waals surface area contributed by atoms with Gasteiger partial charge in [-0.1, -0.05) is 0 Å². The van der Waals surface area contributed by atoms with E-state index in [2.05, 4.69) is 36.5 Å². The lowest BCUT2D eigenvalue weighted by molar-refractivity contribution is -0.143. The Morgan fingerprint density at radius 1 is 1.27 bits per heavy atom. The van der Waals surface area contributed by atoms with Crippen LogP contribution in [0.2, 0.25) is 0 Å². The van der Waals surface area contributed by atoms with E-state index in [0.29, 0.717) is 37.1 Å². The lowest BCUT2D eigenvalue weighted by atomic mass is 10.1. The number of hydrogen-bond acceptors (Lipinski definition) is 9. The third-order valence-corrected chi connectivity index (χ3v) is 4.71. The Morgan fingerprint density at radius 2 is 2.03 bits per heavy atom. The topological polar surface area (TPSA) is 165 Å². The second kappa shape index (κ2) is 10.7. The molecule has 1 aromatic carbocycles. The van der Waals surface area contributed by atoms with Gasteiger partial charge in [0.1, 0.15) is 6.04 Å². The van der Waals surface area contributed by atoms with Crippen molar-refractivity contribution in [2.45, 2.75) is 25.3 Å². The fourth-order valence-corrected chi connectivity index (χ4v) is 3.03. The lowest BCUT2D eigenvalue weighted by Gasteiger charge is -2.15. The SMILES string of the molecule is C#CCC[C@H](NC(=O)c1ccc(NCCc2cnc3nc(N)[nH]c(=O)c3n2)cc1)C(=O)OC. The molecule has 3 rings (SSSR count). The van der Waals surface area contributed by atoms with Crippen LogP contribution >= 0.6 is 0 Å². The Hall–Kier alpha value is -4.46. The summed E-state index contributed by atoms with van der Waals surface area (Å²) in [5.74, 6) is 1.48. The summed E-state index contributed by atoms with van der Waals surface area (Å²) in [5, 5.41) is 5.85. The summed E-state index contributed by atoms with van der Waals surface area (Å²) in [6, 6.07) is 5.95. The predicted molar refractivity (Wildman–Crippen MR) is 122 cm³/mol. The van der Waals surface area contributed by atoms with Gasteiger partial charge in [-0.15, -0.1) is 12.3 Å². The molecule has 0 aliphatic carbocycles. The number of carbonyl (C=O) groups is 2. The number of terminal acetylenes is 1. The van der Waals surface area contributed by atoms with E-state index >= 15 is 0 Å². The van der Waals surface area contributed by atoms with E-state index in [1.165, 1.54) is 7.11 Å². The fraction of sp³-hybridized carbons (Fsp3) is 0.273. The minimum absolute atomic E-state index is 0.0123. The van der Waals surface area contributed by atoms with E-state index in [-0.39, 0.29) is 17.1 Å². The second-order valence-electron chi connectivity index (χ2n) is 7.03. The molecule has 0 bridgehead atoms. The van der Waals surface area contributed by atoms with E-state index in [1.54, 1.807) is 30.5 Å². The van der Waals surface area contributed by atoms with Crippen molar-refractivity contribution in [3.8, 4) is 12.3 Å². The average Bonchev–Trinajstić information content (AvgIpc) is 2.81. The maximum atomic E-state index is 12.5. The number of hydrogen-bond donors (Lipinski definition) is 4. The van der Waals surface area contributed by atoms with Gasteiger partial charge >= 0.3 is 5.97 Å². The van der Waals surface area contributed by atoms with Gasteiger partial charge in [0.2, 0.25) is 5.95 Å². The summed E-state index contributed by atoms with van der Waals surface area (Å²) >= 11 is 0. The van der Waals surface area contributed by atoms with E-state index in [4.69, 9.17) is 16.9 Å². The Morgan fingerprint density at radius 3 is 2.73 bits per heavy atom. The van der Waals surface area contributed by atoms with Crippen molar-refractivity contribution >= 4 is 34.7 Å². The van der Waals surface area contributed by atoms with Gasteiger partial charge in [-0.3, -0.25) is 14.6 Å². The van der Waals surface area contributed by atoms with Crippen molar-refractivity contribution in [3.05, 3.63) is 52.1 Å². The molecule has 0 radical (unpaired) electrons. The highest BCUT2D eigenvalue weighted by atomic mass is 16.5. The highest BCUT2D eigenvalue weighted by molar-refractivity contribution is 5.97. The molecule has 5 N–H and O–H groups in total. The molecule has 33 heavy (non-hydrogen) atoms. The van der Waals surface area contributed by atoms with Crippen LogP contribution in [0.15, 0.2) is 35.3 Å². The van der Waals surface area contributed by atoms with Crippen LogP contribution in [0.5, 0.6) is 0 Å². The minimum atomic E-state index is -0.807. The number of aromatic amines is 1. The van der Waals surface area contributed by atoms with Crippen LogP contribution in [0.1, 0.15) is 28.9 Å². The van der Waals surface area contributed by atoms with Crippen molar-refractivity contribution < 1.29 is 14.3 Å². The number of anilines is 2. The molecule has 0 saturated carbocycles. The third-order valence-electron chi connectivity index (χ3n) is 4.71. The number of esters is 1. The number of nitrogen functional groups attached to an aromatic ring is 1. The summed E-state index contributed by atoms with van der Waals surface area (Å²) in [4.78, 5) is 51.0. The average molecular weight is 449 g/mol. The van der Waals surface area contributed by atoms with Crippen molar-refractivity contribution in [3.63, 3.8) is 0 Å². The summed E-state index contributed by atoms with van der Waals surface area (Å²) in [7, 11) is 1.26. The number of nitrogens with two attached hydrogens (primary N) is 1. The monoisotopic (exact) mass is 449 g/mol. The van der Waals surface area contributed by atoms with E-state index in [9.17, 15) is 14.4 Å². The molecule has 0 spiro atoms. The molecule has 2 heterocycles. The smallest absolute Gasteiger partial charge is 0.328 e. The highest BCUT2D eigenvalue weighted by Crippen LogP contribution is 2.11. The molecule has 0 saturated heterocycles. The second-order valence-corrected chi connectivity index (χ2v) is 7.03. The first kappa shape index (κ1) is 23.2. The minimum Gasteiger partial charge on any atom is -0.467 e. The first-order valence-electron chi connectivity index (χ1n) is 10.1. The Bertz CT molecular complexity index is 1250. The van der Waals surface area contributed by atoms with Crippen LogP contribution in [0.4, 0.5) is 11.6 Å². The summed E-state index contributed by atoms with van der Waals surface area (Å²) in [6.45, 7) is 0.516. The number of amides is 1. The van der Waals surface area contributed by atoms with Gasteiger partial charge in [-0.25, -0.2) is 14.8 Å². The van der Waals surface area contributed by atoms with Gasteiger partial charge in [0.25, 0.3) is 11.5 Å². The van der Waals surface area contributed by atoms with Crippen molar-refractivity contribution in [1.29, 1.82) is 0 Å². The van der Waals surface area contributed by atoms with E-state index in [0.717, 1.165) is 5.69 Å². The number of methoxy groups -OCH3 is 1. The molecule has 0 aliphatic rings. The predicted octanol–water partition coefficient (Wildman–Crippen LogP) is 0.635. The molecule has 1 amide bonds. The molecular formula is C22H23N7O4. The van der Waals surface area contributed by atoms with Crippen molar-refractivity contribution in [2.75, 3.05) is 24.7 Å². The number of fused-ring (bicyclic) bond motifs is 1. The maximum absolute atomic E-state index is 12.5. The number of nitrogens with one attached hydrogen (secondary N) is 3. The number of carbonyl (C=O) groups excluding carboxylic acids is 2. The van der Waals surface area contributed by atoms with Gasteiger partial charge in [-0.05, 0) is 30.7 Å². The zero-order valence-electron chi connectivity index (χ0n) is 17.9. The fourth-order valence-electron chi connectivity index (χ4n) is 3.03. The molecule has 11 heteroatoms. The van der Waals surface area contributed by atoms with Gasteiger partial charge in [-0.2, -0.15) is 4.98 Å². The highest BCUT2D eigenvalue weighted by Gasteiger charge is 2.21. The summed E-state index contributed by atoms with van der Waals surface area (Å²) in [5.41, 5.74) is 7.17. The van der Waals surface area contributed by atoms with Gasteiger partial charge in [0, 0.05) is 30.6 Å². The largest absolute Gasteiger partial charge is 0.467 e. The molecule has 0 unspecified atom stereocenters. The number of nitrogens with zero attached hydrogens (tertiary/aromatic N) is 3. The van der Waals surface area contributed by atoms with Crippen LogP contribution in [0.3, 0.4) is 0 Å². The Balaban J connectivity index is 1.56. The summed E-state index contributed by atoms with van der Waals surface area (Å²) < 4.78 is 4.71. The van der Waals surface area contributed by atoms with Gasteiger partial charge in [0.15, 0.2) is 11.2 Å². The van der Waals surface area contributed by atoms with Crippen LogP contribution in [-0.4, -0.2) is 51.5 Å². The Labute approximate surface area is 189 Å². The normalized spacial score (nSPS) is 11.4. The van der Waals surface area contributed by atoms with Gasteiger partial charge in [0.05, 0.1) is 19.0 Å². The van der Waals surface area contributed by atoms with Crippen molar-refractivity contribution in [2.24, 2.45) is 0 Å². The molecule has 2 aromatic heterocycles. The number of H-pyrrole nitrogens is 1. The van der Waals surface area contributed by atoms with Gasteiger partial charge < -0.3 is 21.1 Å². The van der Waals surface area contributed by atoms with Crippen LogP contribution in [0, 0.1) is 12.3 Å². The Kier molecular flexibility index (Phi) is 7.54. The maximum Gasteiger partial charge on any atom is 0.328 e. The van der Waals surface area contributed by atoms with Crippen LogP contribution in [0.25, 0.3) is 11.2 Å². The first-order valence-corrected chi connectivity index (χ1v) is 10.1. The number of aromatic nitrogens is 4. The van der Waals surface area contributed by atoms with Crippen LogP contribution in [-0.2, 0) is 16.0 Å². The van der Waals surface area contributed by atoms with Crippen molar-refractivity contribution in [1.82, 2.24) is 25.3 Å². The van der Waals surface area contributed by atoms with E-state index in [1.807, 2.05) is 0 Å². The quantitative estimate of drug-likeness (QED) is 0.271. The first-order chi connectivity index (χ1) is 15.9. The molecule has 1 atom stereocenters. The molecule has 170 valence electrons. The zero-order chi connectivity index (χ0) is 23.8.